The molecule has 2 N–H and O–H groups in total. The predicted molar refractivity (Wildman–Crippen MR) is 96.9 cm³/mol. The van der Waals surface area contributed by atoms with Crippen molar-refractivity contribution < 1.29 is 4.79 Å². The molecule has 5 rings (SSSR count). The Bertz CT molecular complexity index is 595. The van der Waals surface area contributed by atoms with Crippen LogP contribution in [0, 0.1) is 23.2 Å². The zero-order valence-corrected chi connectivity index (χ0v) is 15.1. The topological polar surface area (TPSA) is 41.1 Å². The van der Waals surface area contributed by atoms with Gasteiger partial charge in [0, 0.05) is 17.6 Å². The van der Waals surface area contributed by atoms with Crippen LogP contribution in [0.15, 0.2) is 24.3 Å². The van der Waals surface area contributed by atoms with Gasteiger partial charge in [-0.2, -0.15) is 0 Å². The first-order valence-electron chi connectivity index (χ1n) is 9.31. The van der Waals surface area contributed by atoms with Crippen LogP contribution in [0.3, 0.4) is 0 Å². The fourth-order valence-corrected chi connectivity index (χ4v) is 6.15. The van der Waals surface area contributed by atoms with Gasteiger partial charge in [0.2, 0.25) is 0 Å². The summed E-state index contributed by atoms with van der Waals surface area (Å²) in [6.07, 6.45) is 8.25. The number of amides is 2. The highest BCUT2D eigenvalue weighted by molar-refractivity contribution is 6.30. The fraction of sp³-hybridized carbons (Fsp3) is 0.650. The third-order valence-electron chi connectivity index (χ3n) is 6.69. The van der Waals surface area contributed by atoms with Crippen molar-refractivity contribution in [3.05, 3.63) is 34.9 Å². The van der Waals surface area contributed by atoms with Crippen molar-refractivity contribution in [1.29, 1.82) is 0 Å². The summed E-state index contributed by atoms with van der Waals surface area (Å²) < 4.78 is 0. The molecule has 0 aliphatic heterocycles. The lowest BCUT2D eigenvalue weighted by Crippen LogP contribution is -2.57. The van der Waals surface area contributed by atoms with Crippen molar-refractivity contribution in [3.63, 3.8) is 0 Å². The van der Waals surface area contributed by atoms with E-state index in [2.05, 4.69) is 17.6 Å². The molecule has 1 atom stereocenters. The Hall–Kier alpha value is -1.22. The summed E-state index contributed by atoms with van der Waals surface area (Å²) >= 11 is 5.99. The van der Waals surface area contributed by atoms with Gasteiger partial charge >= 0.3 is 6.03 Å². The Kier molecular flexibility index (Phi) is 4.24. The van der Waals surface area contributed by atoms with Crippen LogP contribution in [0.4, 0.5) is 4.79 Å². The van der Waals surface area contributed by atoms with E-state index >= 15 is 0 Å². The predicted octanol–water partition coefficient (Wildman–Crippen LogP) is 4.74. The average Bonchev–Trinajstić information content (AvgIpc) is 2.52. The van der Waals surface area contributed by atoms with Gasteiger partial charge in [-0.15, -0.1) is 0 Å². The molecule has 0 radical (unpaired) electrons. The Morgan fingerprint density at radius 3 is 2.42 bits per heavy atom. The van der Waals surface area contributed by atoms with Gasteiger partial charge in [-0.1, -0.05) is 23.7 Å². The minimum Gasteiger partial charge on any atom is -0.335 e. The number of nitrogens with one attached hydrogen (secondary N) is 2. The molecule has 3 nitrogen and oxygen atoms in total. The van der Waals surface area contributed by atoms with Gasteiger partial charge in [0.15, 0.2) is 0 Å². The van der Waals surface area contributed by atoms with E-state index in [1.807, 2.05) is 24.3 Å². The largest absolute Gasteiger partial charge is 0.335 e. The van der Waals surface area contributed by atoms with E-state index in [-0.39, 0.29) is 12.1 Å². The third-order valence-corrected chi connectivity index (χ3v) is 6.93. The summed E-state index contributed by atoms with van der Waals surface area (Å²) in [5.41, 5.74) is 1.38. The van der Waals surface area contributed by atoms with E-state index in [9.17, 15) is 4.79 Å². The summed E-state index contributed by atoms with van der Waals surface area (Å²) in [5.74, 6) is 2.74. The van der Waals surface area contributed by atoms with Crippen LogP contribution >= 0.6 is 11.6 Å². The molecular formula is C20H27ClN2O. The molecule has 1 aromatic carbocycles. The highest BCUT2D eigenvalue weighted by Crippen LogP contribution is 2.61. The van der Waals surface area contributed by atoms with Crippen molar-refractivity contribution >= 4 is 17.6 Å². The summed E-state index contributed by atoms with van der Waals surface area (Å²) in [6, 6.07) is 7.83. The minimum absolute atomic E-state index is 0.0572. The highest BCUT2D eigenvalue weighted by atomic mass is 35.5. The number of benzene rings is 1. The normalized spacial score (nSPS) is 34.8. The van der Waals surface area contributed by atoms with Crippen LogP contribution in [0.25, 0.3) is 0 Å². The van der Waals surface area contributed by atoms with E-state index in [4.69, 9.17) is 11.6 Å². The highest BCUT2D eigenvalue weighted by Gasteiger charge is 2.53. The molecule has 4 aliphatic rings. The molecule has 4 fully saturated rings. The number of carbonyl (C=O) groups excluding carboxylic acids is 1. The van der Waals surface area contributed by atoms with Crippen LogP contribution < -0.4 is 10.6 Å². The molecule has 0 aromatic heterocycles. The van der Waals surface area contributed by atoms with Crippen molar-refractivity contribution in [3.8, 4) is 0 Å². The Morgan fingerprint density at radius 1 is 1.21 bits per heavy atom. The minimum atomic E-state index is -0.0572. The van der Waals surface area contributed by atoms with Gasteiger partial charge in [0.25, 0.3) is 0 Å². The van der Waals surface area contributed by atoms with E-state index in [0.29, 0.717) is 17.0 Å². The van der Waals surface area contributed by atoms with Crippen LogP contribution in [0.1, 0.15) is 51.0 Å². The molecular weight excluding hydrogens is 320 g/mol. The molecule has 4 heteroatoms. The summed E-state index contributed by atoms with van der Waals surface area (Å²) in [5, 5.41) is 6.92. The Labute approximate surface area is 149 Å². The summed E-state index contributed by atoms with van der Waals surface area (Å²) in [7, 11) is 0. The molecule has 4 aliphatic carbocycles. The molecule has 0 heterocycles. The molecule has 130 valence electrons. The van der Waals surface area contributed by atoms with Crippen molar-refractivity contribution in [2.45, 2.75) is 58.0 Å². The molecule has 24 heavy (non-hydrogen) atoms. The van der Waals surface area contributed by atoms with E-state index < -0.39 is 0 Å². The zero-order chi connectivity index (χ0) is 16.7. The first kappa shape index (κ1) is 16.3. The first-order chi connectivity index (χ1) is 11.5. The fourth-order valence-electron chi connectivity index (χ4n) is 5.94. The monoisotopic (exact) mass is 346 g/mol. The van der Waals surface area contributed by atoms with E-state index in [0.717, 1.165) is 23.3 Å². The number of rotatable bonds is 4. The molecule has 1 aromatic rings. The zero-order valence-electron chi connectivity index (χ0n) is 14.4. The van der Waals surface area contributed by atoms with E-state index in [1.165, 1.54) is 38.5 Å². The lowest BCUT2D eigenvalue weighted by Gasteiger charge is -2.59. The maximum Gasteiger partial charge on any atom is 0.315 e. The Balaban J connectivity index is 1.34. The van der Waals surface area contributed by atoms with Crippen molar-refractivity contribution in [1.82, 2.24) is 10.6 Å². The average molecular weight is 347 g/mol. The summed E-state index contributed by atoms with van der Waals surface area (Å²) in [4.78, 5) is 12.3. The van der Waals surface area contributed by atoms with E-state index in [1.54, 1.807) is 0 Å². The smallest absolute Gasteiger partial charge is 0.315 e. The Morgan fingerprint density at radius 2 is 1.83 bits per heavy atom. The van der Waals surface area contributed by atoms with Gasteiger partial charge in [-0.25, -0.2) is 4.79 Å². The number of hydrogen-bond donors (Lipinski definition) is 2. The van der Waals surface area contributed by atoms with Crippen LogP contribution in [-0.4, -0.2) is 12.1 Å². The van der Waals surface area contributed by atoms with Gasteiger partial charge in [-0.3, -0.25) is 0 Å². The second kappa shape index (κ2) is 6.25. The second-order valence-corrected chi connectivity index (χ2v) is 8.89. The SMILES string of the molecule is CC(NC(=O)NCc1cccc(Cl)c1)C12CC3CC(CC(C3)C1)C2. The van der Waals surface area contributed by atoms with Gasteiger partial charge < -0.3 is 10.6 Å². The maximum absolute atomic E-state index is 12.3. The number of carbonyl (C=O) groups is 1. The van der Waals surface area contributed by atoms with Gasteiger partial charge in [-0.05, 0) is 86.3 Å². The van der Waals surface area contributed by atoms with Crippen LogP contribution in [0.2, 0.25) is 5.02 Å². The quantitative estimate of drug-likeness (QED) is 0.812. The molecule has 0 saturated heterocycles. The summed E-state index contributed by atoms with van der Waals surface area (Å²) in [6.45, 7) is 2.73. The lowest BCUT2D eigenvalue weighted by atomic mass is 9.48. The molecule has 4 bridgehead atoms. The molecule has 4 saturated carbocycles. The van der Waals surface area contributed by atoms with Gasteiger partial charge in [0.1, 0.15) is 0 Å². The number of hydrogen-bond acceptors (Lipinski definition) is 1. The van der Waals surface area contributed by atoms with Crippen LogP contribution in [-0.2, 0) is 6.54 Å². The molecule has 2 amide bonds. The standard InChI is InChI=1S/C20H27ClN2O/c1-13(20-9-15-5-16(10-20)7-17(6-15)11-20)23-19(24)22-12-14-3-2-4-18(21)8-14/h2-4,8,13,15-17H,5-7,9-12H2,1H3,(H2,22,23,24). The number of urea groups is 1. The van der Waals surface area contributed by atoms with Gasteiger partial charge in [0.05, 0.1) is 0 Å². The maximum atomic E-state index is 12.3. The molecule has 0 spiro atoms. The lowest BCUT2D eigenvalue weighted by molar-refractivity contribution is -0.0682. The van der Waals surface area contributed by atoms with Crippen molar-refractivity contribution in [2.24, 2.45) is 23.2 Å². The molecule has 1 unspecified atom stereocenters. The second-order valence-electron chi connectivity index (χ2n) is 8.46. The van der Waals surface area contributed by atoms with Crippen LogP contribution in [0.5, 0.6) is 0 Å². The number of halogens is 1. The third kappa shape index (κ3) is 3.15. The van der Waals surface area contributed by atoms with Crippen molar-refractivity contribution in [2.75, 3.05) is 0 Å². The first-order valence-corrected chi connectivity index (χ1v) is 9.69.